The molecule has 1 unspecified atom stereocenters. The van der Waals surface area contributed by atoms with Crippen molar-refractivity contribution in [3.05, 3.63) is 41.6 Å². The molecule has 0 aliphatic rings. The summed E-state index contributed by atoms with van der Waals surface area (Å²) in [4.78, 5) is 4.49. The summed E-state index contributed by atoms with van der Waals surface area (Å²) in [7, 11) is 0. The Balaban J connectivity index is 2.73. The van der Waals surface area contributed by atoms with Gasteiger partial charge in [-0.05, 0) is 36.1 Å². The van der Waals surface area contributed by atoms with Gasteiger partial charge in [-0.3, -0.25) is 4.98 Å². The molecular weight excluding hydrogens is 321 g/mol. The van der Waals surface area contributed by atoms with Crippen molar-refractivity contribution >= 4 is 36.1 Å². The van der Waals surface area contributed by atoms with Crippen molar-refractivity contribution in [2.45, 2.75) is 30.6 Å². The lowest BCUT2D eigenvalue weighted by atomic mass is 9.96. The van der Waals surface area contributed by atoms with Crippen LogP contribution in [0.1, 0.15) is 41.7 Å². The summed E-state index contributed by atoms with van der Waals surface area (Å²) in [5.74, 6) is 0.551. The van der Waals surface area contributed by atoms with Crippen LogP contribution in [0.3, 0.4) is 0 Å². The van der Waals surface area contributed by atoms with Crippen molar-refractivity contribution in [1.82, 2.24) is 4.98 Å². The Morgan fingerprint density at radius 2 is 2.00 bits per heavy atom. The number of rotatable bonds is 3. The predicted molar refractivity (Wildman–Crippen MR) is 85.4 cm³/mol. The molecule has 0 amide bonds. The molecule has 0 radical (unpaired) electrons. The molecule has 0 aliphatic carbocycles. The van der Waals surface area contributed by atoms with Gasteiger partial charge in [0.15, 0.2) is 0 Å². The summed E-state index contributed by atoms with van der Waals surface area (Å²) >= 11 is -0.0192. The third-order valence-corrected chi connectivity index (χ3v) is 5.09. The number of hydrogen-bond acceptors (Lipinski definition) is 1. The van der Waals surface area contributed by atoms with Gasteiger partial charge in [-0.1, -0.05) is 30.5 Å². The van der Waals surface area contributed by atoms with Crippen LogP contribution in [0.25, 0.3) is 10.9 Å². The molecule has 0 spiro atoms. The highest BCUT2D eigenvalue weighted by Crippen LogP contribution is 2.34. The molecule has 1 heterocycles. The van der Waals surface area contributed by atoms with Gasteiger partial charge in [0, 0.05) is 15.5 Å². The second-order valence-electron chi connectivity index (χ2n) is 4.61. The Hall–Kier alpha value is -0.770. The molecule has 1 atom stereocenters. The third kappa shape index (κ3) is 2.57. The van der Waals surface area contributed by atoms with Crippen molar-refractivity contribution in [3.8, 4) is 0 Å². The lowest BCUT2D eigenvalue weighted by Crippen LogP contribution is -1.95. The number of nitrogens with zero attached hydrogens (tertiary/aromatic N) is 1. The monoisotopic (exact) mass is 339 g/mol. The van der Waals surface area contributed by atoms with Crippen LogP contribution in [0.15, 0.2) is 30.5 Å². The zero-order chi connectivity index (χ0) is 12.4. The highest BCUT2D eigenvalue weighted by atomic mass is 127. The van der Waals surface area contributed by atoms with Crippen molar-refractivity contribution in [1.29, 1.82) is 0 Å². The van der Waals surface area contributed by atoms with Gasteiger partial charge >= 0.3 is 0 Å². The van der Waals surface area contributed by atoms with Gasteiger partial charge in [0.1, 0.15) is 0 Å². The second kappa shape index (κ2) is 5.25. The second-order valence-corrected chi connectivity index (χ2v) is 7.35. The van der Waals surface area contributed by atoms with Gasteiger partial charge in [0.25, 0.3) is 0 Å². The largest absolute Gasteiger partial charge is 0.256 e. The van der Waals surface area contributed by atoms with E-state index in [2.05, 4.69) is 48.5 Å². The maximum absolute atomic E-state index is 4.49. The van der Waals surface area contributed by atoms with Gasteiger partial charge in [0.2, 0.25) is 0 Å². The minimum atomic E-state index is -0.0192. The lowest BCUT2D eigenvalue weighted by Gasteiger charge is -2.14. The average molecular weight is 339 g/mol. The summed E-state index contributed by atoms with van der Waals surface area (Å²) in [5.41, 5.74) is 3.94. The first kappa shape index (κ1) is 12.7. The quantitative estimate of drug-likeness (QED) is 0.577. The van der Waals surface area contributed by atoms with Crippen LogP contribution in [0.2, 0.25) is 0 Å². The molecular formula is C15H18IN. The van der Waals surface area contributed by atoms with Crippen LogP contribution in [-0.2, 0) is 0 Å². The summed E-state index contributed by atoms with van der Waals surface area (Å²) in [6, 6.07) is 8.77. The van der Waals surface area contributed by atoms with Crippen LogP contribution >= 0.6 is 20.7 Å². The molecule has 0 fully saturated rings. The summed E-state index contributed by atoms with van der Waals surface area (Å²) < 4.78 is 4.73. The maximum atomic E-state index is 4.49. The van der Waals surface area contributed by atoms with E-state index in [1.165, 1.54) is 16.5 Å². The molecule has 0 saturated heterocycles. The molecule has 0 saturated carbocycles. The maximum Gasteiger partial charge on any atom is 0.0707 e. The minimum Gasteiger partial charge on any atom is -0.256 e. The molecule has 0 bridgehead atoms. The smallest absolute Gasteiger partial charge is 0.0707 e. The van der Waals surface area contributed by atoms with Crippen LogP contribution in [0.4, 0.5) is 0 Å². The van der Waals surface area contributed by atoms with E-state index < -0.39 is 0 Å². The van der Waals surface area contributed by atoms with Crippen LogP contribution in [-0.4, -0.2) is 9.50 Å². The van der Waals surface area contributed by atoms with Crippen molar-refractivity contribution in [3.63, 3.8) is 0 Å². The van der Waals surface area contributed by atoms with Gasteiger partial charge in [0.05, 0.1) is 5.52 Å². The van der Waals surface area contributed by atoms with Gasteiger partial charge < -0.3 is 0 Å². The number of hydrogen-bond donors (Lipinski definition) is 0. The number of fused-ring (bicyclic) bond motifs is 1. The number of pyridine rings is 1. The highest BCUT2D eigenvalue weighted by molar-refractivity contribution is 14.2. The van der Waals surface area contributed by atoms with E-state index >= 15 is 0 Å². The Morgan fingerprint density at radius 1 is 1.24 bits per heavy atom. The predicted octanol–water partition coefficient (Wildman–Crippen LogP) is 4.82. The Labute approximate surface area is 113 Å². The van der Waals surface area contributed by atoms with E-state index in [0.717, 1.165) is 5.52 Å². The fraction of sp³-hybridized carbons (Fsp3) is 0.333. The highest BCUT2D eigenvalue weighted by Gasteiger charge is 2.11. The molecule has 1 aromatic carbocycles. The molecule has 0 N–H and O–H groups in total. The molecule has 2 heteroatoms. The Bertz CT molecular complexity index is 546. The zero-order valence-electron chi connectivity index (χ0n) is 10.6. The molecule has 0 aliphatic heterocycles. The van der Waals surface area contributed by atoms with Crippen molar-refractivity contribution < 1.29 is 0 Å². The minimum absolute atomic E-state index is 0.0192. The standard InChI is InChI=1S/C15H18IN/c1-10(2)12-8-14(11(3)16-4)13-6-5-7-17-15(13)9-12/h5-11H,4H2,1-3H3. The fourth-order valence-corrected chi connectivity index (χ4v) is 2.97. The van der Waals surface area contributed by atoms with Crippen LogP contribution in [0, 0.1) is 0 Å². The van der Waals surface area contributed by atoms with E-state index in [4.69, 9.17) is 0 Å². The normalized spacial score (nSPS) is 13.2. The van der Waals surface area contributed by atoms with Crippen LogP contribution < -0.4 is 0 Å². The van der Waals surface area contributed by atoms with Crippen molar-refractivity contribution in [2.75, 3.05) is 0 Å². The zero-order valence-corrected chi connectivity index (χ0v) is 12.7. The number of aromatic nitrogens is 1. The SMILES string of the molecule is C=IC(C)c1cc(C(C)C)cc2ncccc12. The molecule has 17 heavy (non-hydrogen) atoms. The van der Waals surface area contributed by atoms with E-state index in [0.29, 0.717) is 9.84 Å². The molecule has 90 valence electrons. The Kier molecular flexibility index (Phi) is 3.92. The number of halogens is 1. The molecule has 1 nitrogen and oxygen atoms in total. The summed E-state index contributed by atoms with van der Waals surface area (Å²) in [5, 5.41) is 1.30. The van der Waals surface area contributed by atoms with Crippen molar-refractivity contribution in [2.24, 2.45) is 0 Å². The van der Waals surface area contributed by atoms with Crippen LogP contribution in [0.5, 0.6) is 0 Å². The number of alkyl halides is 1. The first-order valence-corrected chi connectivity index (χ1v) is 8.66. The third-order valence-electron chi connectivity index (χ3n) is 3.10. The average Bonchev–Trinajstić information content (AvgIpc) is 2.36. The van der Waals surface area contributed by atoms with E-state index in [1.807, 2.05) is 12.3 Å². The fourth-order valence-electron chi connectivity index (χ4n) is 1.98. The molecule has 1 aromatic heterocycles. The van der Waals surface area contributed by atoms with Gasteiger partial charge in [-0.15, -0.1) is 20.7 Å². The van der Waals surface area contributed by atoms with E-state index in [-0.39, 0.29) is 20.7 Å². The molecule has 2 aromatic rings. The summed E-state index contributed by atoms with van der Waals surface area (Å²) in [6.45, 7) is 6.75. The van der Waals surface area contributed by atoms with Gasteiger partial charge in [-0.25, -0.2) is 0 Å². The topological polar surface area (TPSA) is 12.9 Å². The number of benzene rings is 1. The lowest BCUT2D eigenvalue weighted by molar-refractivity contribution is 0.864. The first-order valence-electron chi connectivity index (χ1n) is 5.89. The summed E-state index contributed by atoms with van der Waals surface area (Å²) in [6.07, 6.45) is 1.88. The van der Waals surface area contributed by atoms with E-state index in [9.17, 15) is 0 Å². The van der Waals surface area contributed by atoms with Gasteiger partial charge in [-0.2, -0.15) is 0 Å². The Morgan fingerprint density at radius 3 is 2.65 bits per heavy atom. The molecule has 2 rings (SSSR count). The van der Waals surface area contributed by atoms with E-state index in [1.54, 1.807) is 0 Å². The first-order chi connectivity index (χ1) is 8.13.